The lowest BCUT2D eigenvalue weighted by Crippen LogP contribution is -2.37. The molecule has 0 aliphatic heterocycles. The maximum absolute atomic E-state index is 12.5. The largest absolute Gasteiger partial charge is 0.434 e. The lowest BCUT2D eigenvalue weighted by molar-refractivity contribution is -0.128. The molecule has 1 aromatic carbocycles. The zero-order chi connectivity index (χ0) is 16.1. The zero-order valence-corrected chi connectivity index (χ0v) is 12.5. The predicted octanol–water partition coefficient (Wildman–Crippen LogP) is 3.02. The number of alkyl halides is 2. The minimum Gasteiger partial charge on any atom is -0.434 e. The van der Waals surface area contributed by atoms with Crippen molar-refractivity contribution in [1.29, 1.82) is 0 Å². The standard InChI is InChI=1S/C16H21F2NO3/c1-2-12(19-15(21)11-7-5-8-13(11)20)10-6-3-4-9-14(10)22-16(17)18/h3-4,6,9,11-13,16,20H,2,5,7-8H2,1H3,(H,19,21). The van der Waals surface area contributed by atoms with Gasteiger partial charge in [-0.25, -0.2) is 0 Å². The van der Waals surface area contributed by atoms with Crippen LogP contribution in [0.2, 0.25) is 0 Å². The van der Waals surface area contributed by atoms with Crippen molar-refractivity contribution in [2.24, 2.45) is 5.92 Å². The lowest BCUT2D eigenvalue weighted by Gasteiger charge is -2.23. The van der Waals surface area contributed by atoms with Crippen molar-refractivity contribution < 1.29 is 23.4 Å². The Morgan fingerprint density at radius 2 is 2.14 bits per heavy atom. The first kappa shape index (κ1) is 16.7. The fourth-order valence-electron chi connectivity index (χ4n) is 2.90. The molecule has 1 aliphatic rings. The van der Waals surface area contributed by atoms with E-state index in [1.54, 1.807) is 18.2 Å². The summed E-state index contributed by atoms with van der Waals surface area (Å²) in [4.78, 5) is 12.3. The van der Waals surface area contributed by atoms with E-state index < -0.39 is 24.7 Å². The Hall–Kier alpha value is -1.69. The summed E-state index contributed by atoms with van der Waals surface area (Å²) >= 11 is 0. The van der Waals surface area contributed by atoms with Crippen LogP contribution in [-0.2, 0) is 4.79 Å². The van der Waals surface area contributed by atoms with E-state index in [1.807, 2.05) is 6.92 Å². The number of carbonyl (C=O) groups excluding carboxylic acids is 1. The number of nitrogens with one attached hydrogen (secondary N) is 1. The molecule has 1 fully saturated rings. The number of aliphatic hydroxyl groups excluding tert-OH is 1. The zero-order valence-electron chi connectivity index (χ0n) is 12.5. The molecule has 0 heterocycles. The molecule has 1 amide bonds. The highest BCUT2D eigenvalue weighted by atomic mass is 19.3. The topological polar surface area (TPSA) is 58.6 Å². The highest BCUT2D eigenvalue weighted by Gasteiger charge is 2.32. The van der Waals surface area contributed by atoms with Crippen LogP contribution in [-0.4, -0.2) is 23.7 Å². The average molecular weight is 313 g/mol. The van der Waals surface area contributed by atoms with Crippen LogP contribution in [0.1, 0.15) is 44.2 Å². The molecular weight excluding hydrogens is 292 g/mol. The van der Waals surface area contributed by atoms with E-state index in [9.17, 15) is 18.7 Å². The summed E-state index contributed by atoms with van der Waals surface area (Å²) in [7, 11) is 0. The summed E-state index contributed by atoms with van der Waals surface area (Å²) in [5.41, 5.74) is 0.520. The average Bonchev–Trinajstić information content (AvgIpc) is 2.91. The third-order valence-electron chi connectivity index (χ3n) is 4.05. The third-order valence-corrected chi connectivity index (χ3v) is 4.05. The van der Waals surface area contributed by atoms with Gasteiger partial charge in [0, 0.05) is 5.56 Å². The van der Waals surface area contributed by atoms with Crippen LogP contribution in [0.4, 0.5) is 8.78 Å². The minimum absolute atomic E-state index is 0.0663. The lowest BCUT2D eigenvalue weighted by atomic mass is 10.00. The molecule has 1 aliphatic carbocycles. The van der Waals surface area contributed by atoms with E-state index in [4.69, 9.17) is 0 Å². The second kappa shape index (κ2) is 7.54. The van der Waals surface area contributed by atoms with Crippen molar-refractivity contribution in [3.63, 3.8) is 0 Å². The van der Waals surface area contributed by atoms with Crippen LogP contribution in [0.5, 0.6) is 5.75 Å². The molecule has 122 valence electrons. The Balaban J connectivity index is 2.13. The molecule has 6 heteroatoms. The number of aliphatic hydroxyl groups is 1. The molecule has 0 aromatic heterocycles. The van der Waals surface area contributed by atoms with Crippen molar-refractivity contribution in [1.82, 2.24) is 5.32 Å². The van der Waals surface area contributed by atoms with E-state index in [0.29, 0.717) is 24.8 Å². The van der Waals surface area contributed by atoms with Gasteiger partial charge in [-0.05, 0) is 31.7 Å². The van der Waals surface area contributed by atoms with Crippen molar-refractivity contribution >= 4 is 5.91 Å². The summed E-state index contributed by atoms with van der Waals surface area (Å²) < 4.78 is 29.5. The summed E-state index contributed by atoms with van der Waals surface area (Å²) in [6, 6.07) is 6.02. The molecule has 0 spiro atoms. The van der Waals surface area contributed by atoms with Gasteiger partial charge in [-0.15, -0.1) is 0 Å². The van der Waals surface area contributed by atoms with E-state index >= 15 is 0 Å². The van der Waals surface area contributed by atoms with Gasteiger partial charge in [-0.2, -0.15) is 8.78 Å². The van der Waals surface area contributed by atoms with Crippen LogP contribution in [0.25, 0.3) is 0 Å². The molecule has 1 aromatic rings. The number of carbonyl (C=O) groups is 1. The van der Waals surface area contributed by atoms with Crippen LogP contribution in [0, 0.1) is 5.92 Å². The second-order valence-corrected chi connectivity index (χ2v) is 5.49. The first-order valence-corrected chi connectivity index (χ1v) is 7.55. The highest BCUT2D eigenvalue weighted by molar-refractivity contribution is 5.80. The molecule has 1 saturated carbocycles. The number of hydrogen-bond acceptors (Lipinski definition) is 3. The van der Waals surface area contributed by atoms with E-state index in [2.05, 4.69) is 10.1 Å². The molecule has 3 unspecified atom stereocenters. The first-order valence-electron chi connectivity index (χ1n) is 7.55. The Morgan fingerprint density at radius 3 is 2.73 bits per heavy atom. The summed E-state index contributed by atoms with van der Waals surface area (Å²) in [6.07, 6.45) is 2.02. The van der Waals surface area contributed by atoms with Gasteiger partial charge in [0.15, 0.2) is 0 Å². The quantitative estimate of drug-likeness (QED) is 0.849. The van der Waals surface area contributed by atoms with Gasteiger partial charge in [0.05, 0.1) is 18.1 Å². The van der Waals surface area contributed by atoms with Gasteiger partial charge in [-0.3, -0.25) is 4.79 Å². The Bertz CT molecular complexity index is 510. The van der Waals surface area contributed by atoms with Gasteiger partial charge in [0.2, 0.25) is 5.91 Å². The second-order valence-electron chi connectivity index (χ2n) is 5.49. The molecule has 4 nitrogen and oxygen atoms in total. The van der Waals surface area contributed by atoms with Crippen molar-refractivity contribution in [3.05, 3.63) is 29.8 Å². The number of hydrogen-bond donors (Lipinski definition) is 2. The molecule has 22 heavy (non-hydrogen) atoms. The smallest absolute Gasteiger partial charge is 0.387 e. The third kappa shape index (κ3) is 3.94. The monoisotopic (exact) mass is 313 g/mol. The Labute approximate surface area is 128 Å². The molecule has 3 atom stereocenters. The highest BCUT2D eigenvalue weighted by Crippen LogP contribution is 2.30. The summed E-state index contributed by atoms with van der Waals surface area (Å²) in [6.45, 7) is -1.05. The van der Waals surface area contributed by atoms with Gasteiger partial charge >= 0.3 is 6.61 Å². The Kier molecular flexibility index (Phi) is 5.71. The predicted molar refractivity (Wildman–Crippen MR) is 77.6 cm³/mol. The van der Waals surface area contributed by atoms with Crippen LogP contribution in [0.15, 0.2) is 24.3 Å². The number of ether oxygens (including phenoxy) is 1. The van der Waals surface area contributed by atoms with Crippen molar-refractivity contribution in [2.75, 3.05) is 0 Å². The fourth-order valence-corrected chi connectivity index (χ4v) is 2.90. The van der Waals surface area contributed by atoms with E-state index in [0.717, 1.165) is 6.42 Å². The maximum atomic E-state index is 12.5. The van der Waals surface area contributed by atoms with Gasteiger partial charge in [-0.1, -0.05) is 25.1 Å². The molecule has 0 saturated heterocycles. The van der Waals surface area contributed by atoms with Crippen molar-refractivity contribution in [2.45, 2.75) is 51.4 Å². The normalized spacial score (nSPS) is 22.6. The number of para-hydroxylation sites is 1. The fraction of sp³-hybridized carbons (Fsp3) is 0.562. The number of halogens is 2. The molecule has 2 rings (SSSR count). The SMILES string of the molecule is CCC(NC(=O)C1CCCC1O)c1ccccc1OC(F)F. The molecule has 0 radical (unpaired) electrons. The number of rotatable bonds is 6. The number of benzene rings is 1. The molecule has 2 N–H and O–H groups in total. The van der Waals surface area contributed by atoms with E-state index in [1.165, 1.54) is 6.07 Å². The summed E-state index contributed by atoms with van der Waals surface area (Å²) in [5, 5.41) is 12.6. The molecular formula is C16H21F2NO3. The Morgan fingerprint density at radius 1 is 1.41 bits per heavy atom. The van der Waals surface area contributed by atoms with Gasteiger partial charge < -0.3 is 15.2 Å². The maximum Gasteiger partial charge on any atom is 0.387 e. The van der Waals surface area contributed by atoms with Crippen LogP contribution >= 0.6 is 0 Å². The summed E-state index contributed by atoms with van der Waals surface area (Å²) in [5.74, 6) is -0.586. The van der Waals surface area contributed by atoms with E-state index in [-0.39, 0.29) is 11.7 Å². The van der Waals surface area contributed by atoms with Gasteiger partial charge in [0.1, 0.15) is 5.75 Å². The first-order chi connectivity index (χ1) is 10.5. The van der Waals surface area contributed by atoms with Crippen molar-refractivity contribution in [3.8, 4) is 5.75 Å². The minimum atomic E-state index is -2.91. The van der Waals surface area contributed by atoms with Crippen LogP contribution in [0.3, 0.4) is 0 Å². The molecule has 0 bridgehead atoms. The van der Waals surface area contributed by atoms with Gasteiger partial charge in [0.25, 0.3) is 0 Å². The van der Waals surface area contributed by atoms with Crippen LogP contribution < -0.4 is 10.1 Å². The number of amides is 1.